The lowest BCUT2D eigenvalue weighted by Crippen LogP contribution is -1.97. The molecule has 4 nitrogen and oxygen atoms in total. The van der Waals surface area contributed by atoms with Gasteiger partial charge < -0.3 is 0 Å². The normalized spacial score (nSPS) is 11.5. The van der Waals surface area contributed by atoms with Gasteiger partial charge in [0, 0.05) is 33.0 Å². The van der Waals surface area contributed by atoms with Crippen molar-refractivity contribution in [2.24, 2.45) is 0 Å². The summed E-state index contributed by atoms with van der Waals surface area (Å²) in [6, 6.07) is 72.6. The smallest absolute Gasteiger partial charge is 0.160 e. The van der Waals surface area contributed by atoms with Crippen LogP contribution in [0.2, 0.25) is 0 Å². The van der Waals surface area contributed by atoms with Gasteiger partial charge in [-0.3, -0.25) is 0 Å². The first-order chi connectivity index (χ1) is 28.3. The van der Waals surface area contributed by atoms with E-state index in [1.807, 2.05) is 24.3 Å². The van der Waals surface area contributed by atoms with Crippen LogP contribution in [0.5, 0.6) is 0 Å². The van der Waals surface area contributed by atoms with Crippen LogP contribution in [0.4, 0.5) is 0 Å². The fourth-order valence-corrected chi connectivity index (χ4v) is 8.31. The molecule has 0 radical (unpaired) electrons. The third kappa shape index (κ3) is 5.66. The molecule has 0 saturated heterocycles. The molecular weight excluding hydrogens is 693 g/mol. The van der Waals surface area contributed by atoms with Crippen LogP contribution in [-0.4, -0.2) is 19.7 Å². The van der Waals surface area contributed by atoms with Gasteiger partial charge in [0.1, 0.15) is 5.69 Å². The van der Waals surface area contributed by atoms with Gasteiger partial charge in [0.05, 0.1) is 22.6 Å². The van der Waals surface area contributed by atoms with Crippen molar-refractivity contribution >= 4 is 43.2 Å². The van der Waals surface area contributed by atoms with Gasteiger partial charge in [-0.25, -0.2) is 14.6 Å². The van der Waals surface area contributed by atoms with Crippen molar-refractivity contribution in [1.29, 1.82) is 0 Å². The maximum Gasteiger partial charge on any atom is 0.160 e. The second-order valence-electron chi connectivity index (χ2n) is 14.4. The molecule has 11 rings (SSSR count). The molecule has 57 heavy (non-hydrogen) atoms. The fraction of sp³-hybridized carbons (Fsp3) is 0. The number of rotatable bonds is 6. The molecule has 0 spiro atoms. The van der Waals surface area contributed by atoms with Crippen molar-refractivity contribution in [1.82, 2.24) is 19.7 Å². The van der Waals surface area contributed by atoms with Gasteiger partial charge >= 0.3 is 0 Å². The second kappa shape index (κ2) is 13.6. The summed E-state index contributed by atoms with van der Waals surface area (Å²) in [5.41, 5.74) is 11.2. The highest BCUT2D eigenvalue weighted by Gasteiger charge is 2.21. The van der Waals surface area contributed by atoms with E-state index < -0.39 is 0 Å². The minimum atomic E-state index is 0.696. The van der Waals surface area contributed by atoms with Crippen molar-refractivity contribution in [2.45, 2.75) is 0 Å². The fourth-order valence-electron chi connectivity index (χ4n) is 8.31. The average molecular weight is 727 g/mol. The van der Waals surface area contributed by atoms with Crippen LogP contribution in [0.25, 0.3) is 105 Å². The Morgan fingerprint density at radius 1 is 0.351 bits per heavy atom. The molecule has 0 aliphatic rings. The molecule has 9 aromatic carbocycles. The van der Waals surface area contributed by atoms with Crippen LogP contribution in [0.1, 0.15) is 0 Å². The van der Waals surface area contributed by atoms with Crippen LogP contribution in [-0.2, 0) is 0 Å². The lowest BCUT2D eigenvalue weighted by atomic mass is 9.93. The average Bonchev–Trinajstić information content (AvgIpc) is 3.71. The molecule has 0 aliphatic heterocycles. The summed E-state index contributed by atoms with van der Waals surface area (Å²) in [5, 5.41) is 13.6. The van der Waals surface area contributed by atoms with Gasteiger partial charge in [0.2, 0.25) is 0 Å². The Bertz CT molecular complexity index is 3260. The summed E-state index contributed by atoms with van der Waals surface area (Å²) in [6.07, 6.45) is 0. The van der Waals surface area contributed by atoms with E-state index in [-0.39, 0.29) is 0 Å². The molecule has 0 atom stereocenters. The third-order valence-corrected chi connectivity index (χ3v) is 11.0. The van der Waals surface area contributed by atoms with Gasteiger partial charge in [-0.15, -0.1) is 0 Å². The van der Waals surface area contributed by atoms with E-state index in [1.165, 1.54) is 21.5 Å². The minimum Gasteiger partial charge on any atom is -0.232 e. The largest absolute Gasteiger partial charge is 0.232 e. The van der Waals surface area contributed by atoms with Crippen LogP contribution in [0, 0.1) is 0 Å². The van der Waals surface area contributed by atoms with Crippen molar-refractivity contribution in [2.75, 3.05) is 0 Å². The van der Waals surface area contributed by atoms with Crippen LogP contribution >= 0.6 is 0 Å². The molecule has 2 heterocycles. The summed E-state index contributed by atoms with van der Waals surface area (Å²) in [6.45, 7) is 0. The van der Waals surface area contributed by atoms with E-state index in [9.17, 15) is 0 Å². The topological polar surface area (TPSA) is 43.6 Å². The molecule has 0 aliphatic carbocycles. The summed E-state index contributed by atoms with van der Waals surface area (Å²) in [7, 11) is 0. The molecule has 11 aromatic rings. The maximum atomic E-state index is 5.35. The highest BCUT2D eigenvalue weighted by molar-refractivity contribution is 6.17. The van der Waals surface area contributed by atoms with Crippen LogP contribution in [0.3, 0.4) is 0 Å². The summed E-state index contributed by atoms with van der Waals surface area (Å²) in [4.78, 5) is 10.4. The summed E-state index contributed by atoms with van der Waals surface area (Å²) >= 11 is 0. The first kappa shape index (κ1) is 32.7. The summed E-state index contributed by atoms with van der Waals surface area (Å²) in [5.74, 6) is 0.696. The predicted molar refractivity (Wildman–Crippen MR) is 236 cm³/mol. The van der Waals surface area contributed by atoms with E-state index in [0.717, 1.165) is 77.8 Å². The molecule has 2 aromatic heterocycles. The van der Waals surface area contributed by atoms with E-state index >= 15 is 0 Å². The molecule has 4 heteroatoms. The molecule has 0 fully saturated rings. The number of hydrogen-bond donors (Lipinski definition) is 0. The van der Waals surface area contributed by atoms with E-state index in [2.05, 4.69) is 187 Å². The van der Waals surface area contributed by atoms with Gasteiger partial charge in [-0.1, -0.05) is 176 Å². The van der Waals surface area contributed by atoms with Gasteiger partial charge in [0.15, 0.2) is 5.82 Å². The second-order valence-corrected chi connectivity index (χ2v) is 14.4. The Morgan fingerprint density at radius 3 is 1.60 bits per heavy atom. The van der Waals surface area contributed by atoms with E-state index in [1.54, 1.807) is 0 Å². The number of para-hydroxylation sites is 1. The lowest BCUT2D eigenvalue weighted by Gasteiger charge is -2.14. The van der Waals surface area contributed by atoms with Gasteiger partial charge in [-0.05, 0) is 68.4 Å². The molecule has 266 valence electrons. The maximum absolute atomic E-state index is 5.35. The minimum absolute atomic E-state index is 0.696. The molecule has 0 N–H and O–H groups in total. The molecular formula is C53H34N4. The zero-order valence-electron chi connectivity index (χ0n) is 30.9. The van der Waals surface area contributed by atoms with Crippen molar-refractivity contribution in [3.8, 4) is 62.0 Å². The Balaban J connectivity index is 1.11. The summed E-state index contributed by atoms with van der Waals surface area (Å²) < 4.78 is 2.11. The lowest BCUT2D eigenvalue weighted by molar-refractivity contribution is 0.918. The highest BCUT2D eigenvalue weighted by atomic mass is 15.3. The number of aromatic nitrogens is 4. The molecule has 0 bridgehead atoms. The molecule has 0 saturated carbocycles. The number of nitrogens with zero attached hydrogens (tertiary/aromatic N) is 4. The Kier molecular flexibility index (Phi) is 7.78. The highest BCUT2D eigenvalue weighted by Crippen LogP contribution is 2.42. The zero-order valence-corrected chi connectivity index (χ0v) is 30.9. The Labute approximate surface area is 330 Å². The number of fused-ring (bicyclic) bond motifs is 6. The van der Waals surface area contributed by atoms with Crippen LogP contribution in [0.15, 0.2) is 206 Å². The first-order valence-electron chi connectivity index (χ1n) is 19.3. The number of hydrogen-bond acceptors (Lipinski definition) is 3. The van der Waals surface area contributed by atoms with Crippen molar-refractivity contribution < 1.29 is 0 Å². The standard InChI is InChI=1S/C53H34N4/c1-4-16-37(17-5-1)51-50-46(32-40-21-11-13-25-43(40)52(50)57(56-51)41-22-8-3-9-23-41)35-28-30-36(31-29-35)48-34-49(55-53(54-48)38-18-6-2-7-19-38)47-33-39-20-10-12-24-42(39)44-26-14-15-27-45(44)47/h1-34H. The Hall–Kier alpha value is -7.69. The van der Waals surface area contributed by atoms with Crippen molar-refractivity contribution in [3.05, 3.63) is 206 Å². The van der Waals surface area contributed by atoms with Gasteiger partial charge in [0.25, 0.3) is 0 Å². The van der Waals surface area contributed by atoms with Crippen LogP contribution < -0.4 is 0 Å². The van der Waals surface area contributed by atoms with E-state index in [4.69, 9.17) is 15.1 Å². The quantitative estimate of drug-likeness (QED) is 0.160. The molecule has 0 amide bonds. The van der Waals surface area contributed by atoms with Crippen molar-refractivity contribution in [3.63, 3.8) is 0 Å². The van der Waals surface area contributed by atoms with E-state index in [0.29, 0.717) is 5.82 Å². The Morgan fingerprint density at radius 2 is 0.877 bits per heavy atom. The van der Waals surface area contributed by atoms with Gasteiger partial charge in [-0.2, -0.15) is 5.10 Å². The predicted octanol–water partition coefficient (Wildman–Crippen LogP) is 13.6. The molecule has 0 unspecified atom stereocenters. The first-order valence-corrected chi connectivity index (χ1v) is 19.3. The monoisotopic (exact) mass is 726 g/mol. The SMILES string of the molecule is c1ccc(-c2nc(-c3ccc(-c4cc5ccccc5c5c4c(-c4ccccc4)nn5-c4ccccc4)cc3)cc(-c3cc4ccccc4c4ccccc34)n2)cc1. The zero-order chi connectivity index (χ0) is 37.7. The number of benzene rings is 9. The third-order valence-electron chi connectivity index (χ3n) is 11.0.